The van der Waals surface area contributed by atoms with E-state index in [1.807, 2.05) is 0 Å². The summed E-state index contributed by atoms with van der Waals surface area (Å²) >= 11 is 0. The lowest BCUT2D eigenvalue weighted by Crippen LogP contribution is -2.18. The summed E-state index contributed by atoms with van der Waals surface area (Å²) in [6.45, 7) is 0.722. The fraction of sp³-hybridized carbons (Fsp3) is 0.300. The molecule has 0 spiro atoms. The van der Waals surface area contributed by atoms with Crippen LogP contribution in [0.25, 0.3) is 0 Å². The molecule has 3 nitrogen and oxygen atoms in total. The fourth-order valence-corrected chi connectivity index (χ4v) is 1.32. The van der Waals surface area contributed by atoms with Crippen LogP contribution in [0.4, 0.5) is 8.78 Å². The van der Waals surface area contributed by atoms with Gasteiger partial charge in [0.2, 0.25) is 0 Å². The van der Waals surface area contributed by atoms with Crippen molar-refractivity contribution in [2.24, 2.45) is 0 Å². The Morgan fingerprint density at radius 1 is 1.20 bits per heavy atom. The average molecular weight is 214 g/mol. The topological polar surface area (TPSA) is 35.5 Å². The average Bonchev–Trinajstić information content (AvgIpc) is 2.28. The number of carbonyl (C=O) groups excluding carboxylic acids is 1. The van der Waals surface area contributed by atoms with Gasteiger partial charge in [0, 0.05) is 5.56 Å². The zero-order chi connectivity index (χ0) is 10.9. The van der Waals surface area contributed by atoms with Gasteiger partial charge in [-0.2, -0.15) is 8.78 Å². The molecule has 0 aliphatic carbocycles. The second-order valence-electron chi connectivity index (χ2n) is 3.10. The summed E-state index contributed by atoms with van der Waals surface area (Å²) in [5.74, 6) is -2.80. The summed E-state index contributed by atoms with van der Waals surface area (Å²) in [6.07, 6.45) is -0.390. The van der Waals surface area contributed by atoms with Gasteiger partial charge in [0.1, 0.15) is 13.2 Å². The van der Waals surface area contributed by atoms with Crippen LogP contribution in [0.1, 0.15) is 5.56 Å². The zero-order valence-electron chi connectivity index (χ0n) is 7.70. The second-order valence-corrected chi connectivity index (χ2v) is 3.10. The highest BCUT2D eigenvalue weighted by molar-refractivity contribution is 5.64. The molecule has 0 saturated carbocycles. The van der Waals surface area contributed by atoms with Gasteiger partial charge < -0.3 is 9.47 Å². The molecule has 1 aliphatic rings. The van der Waals surface area contributed by atoms with Gasteiger partial charge in [-0.25, -0.2) is 0 Å². The molecule has 0 N–H and O–H groups in total. The Kier molecular flexibility index (Phi) is 2.30. The van der Waals surface area contributed by atoms with Crippen LogP contribution in [0.5, 0.6) is 11.5 Å². The Bertz CT molecular complexity index is 390. The highest BCUT2D eigenvalue weighted by Crippen LogP contribution is 2.35. The predicted octanol–water partition coefficient (Wildman–Crippen LogP) is 1.75. The molecule has 1 heterocycles. The quantitative estimate of drug-likeness (QED) is 0.703. The molecule has 1 aromatic carbocycles. The van der Waals surface area contributed by atoms with Gasteiger partial charge in [-0.05, 0) is 18.2 Å². The van der Waals surface area contributed by atoms with Crippen molar-refractivity contribution in [1.29, 1.82) is 0 Å². The van der Waals surface area contributed by atoms with Gasteiger partial charge in [-0.1, -0.05) is 0 Å². The second kappa shape index (κ2) is 3.49. The van der Waals surface area contributed by atoms with Crippen LogP contribution in [-0.4, -0.2) is 19.5 Å². The minimum absolute atomic E-state index is 0.250. The Morgan fingerprint density at radius 3 is 2.53 bits per heavy atom. The van der Waals surface area contributed by atoms with Crippen molar-refractivity contribution in [3.8, 4) is 11.5 Å². The van der Waals surface area contributed by atoms with Crippen LogP contribution < -0.4 is 9.47 Å². The summed E-state index contributed by atoms with van der Waals surface area (Å²) in [5.41, 5.74) is -0.387. The first-order chi connectivity index (χ1) is 7.13. The number of hydrogen-bond acceptors (Lipinski definition) is 3. The predicted molar refractivity (Wildman–Crippen MR) is 47.4 cm³/mol. The lowest BCUT2D eigenvalue weighted by molar-refractivity contribution is -0.130. The van der Waals surface area contributed by atoms with Crippen molar-refractivity contribution in [2.75, 3.05) is 13.2 Å². The number of fused-ring (bicyclic) bond motifs is 1. The number of halogens is 2. The van der Waals surface area contributed by atoms with Crippen LogP contribution in [0, 0.1) is 0 Å². The van der Waals surface area contributed by atoms with E-state index in [0.717, 1.165) is 12.1 Å². The van der Waals surface area contributed by atoms with E-state index in [-0.39, 0.29) is 11.3 Å². The van der Waals surface area contributed by atoms with E-state index in [4.69, 9.17) is 9.47 Å². The first kappa shape index (κ1) is 9.89. The number of alkyl halides is 2. The number of aldehydes is 1. The Hall–Kier alpha value is -1.65. The monoisotopic (exact) mass is 214 g/mol. The maximum absolute atomic E-state index is 13.0. The maximum Gasteiger partial charge on any atom is 0.327 e. The summed E-state index contributed by atoms with van der Waals surface area (Å²) in [4.78, 5) is 10.2. The lowest BCUT2D eigenvalue weighted by Gasteiger charge is -2.19. The van der Waals surface area contributed by atoms with Gasteiger partial charge in [-0.3, -0.25) is 4.79 Å². The Balaban J connectivity index is 2.40. The molecule has 1 aliphatic heterocycles. The molecule has 15 heavy (non-hydrogen) atoms. The van der Waals surface area contributed by atoms with Crippen LogP contribution in [0.3, 0.4) is 0 Å². The van der Waals surface area contributed by atoms with Gasteiger partial charge in [-0.15, -0.1) is 0 Å². The molecular weight excluding hydrogens is 206 g/mol. The van der Waals surface area contributed by atoms with Crippen molar-refractivity contribution in [3.63, 3.8) is 0 Å². The minimum Gasteiger partial charge on any atom is -0.486 e. The minimum atomic E-state index is -3.48. The molecular formula is C10H8F2O3. The number of hydrogen-bond donors (Lipinski definition) is 0. The highest BCUT2D eigenvalue weighted by atomic mass is 19.3. The van der Waals surface area contributed by atoms with Crippen LogP contribution in [-0.2, 0) is 10.7 Å². The molecule has 0 aromatic heterocycles. The number of ether oxygens (including phenoxy) is 2. The van der Waals surface area contributed by atoms with E-state index >= 15 is 0 Å². The van der Waals surface area contributed by atoms with E-state index < -0.39 is 12.2 Å². The van der Waals surface area contributed by atoms with Crippen molar-refractivity contribution in [1.82, 2.24) is 0 Å². The van der Waals surface area contributed by atoms with Crippen molar-refractivity contribution >= 4 is 6.29 Å². The van der Waals surface area contributed by atoms with E-state index in [0.29, 0.717) is 19.0 Å². The van der Waals surface area contributed by atoms with E-state index in [2.05, 4.69) is 0 Å². The molecule has 0 amide bonds. The van der Waals surface area contributed by atoms with E-state index in [1.165, 1.54) is 6.07 Å². The summed E-state index contributed by atoms with van der Waals surface area (Å²) in [7, 11) is 0. The summed E-state index contributed by atoms with van der Waals surface area (Å²) in [6, 6.07) is 3.66. The smallest absolute Gasteiger partial charge is 0.327 e. The molecule has 0 fully saturated rings. The third-order valence-electron chi connectivity index (χ3n) is 2.08. The largest absolute Gasteiger partial charge is 0.486 e. The molecule has 0 atom stereocenters. The molecule has 2 rings (SSSR count). The molecule has 0 radical (unpaired) electrons. The van der Waals surface area contributed by atoms with Crippen molar-refractivity contribution in [2.45, 2.75) is 5.92 Å². The van der Waals surface area contributed by atoms with Crippen molar-refractivity contribution in [3.05, 3.63) is 23.8 Å². The molecule has 0 bridgehead atoms. The molecule has 5 heteroatoms. The van der Waals surface area contributed by atoms with Gasteiger partial charge in [0.15, 0.2) is 17.8 Å². The SMILES string of the molecule is O=CC(F)(F)c1ccc2c(c1)OCCO2. The molecule has 0 unspecified atom stereocenters. The first-order valence-corrected chi connectivity index (χ1v) is 4.38. The molecule has 80 valence electrons. The first-order valence-electron chi connectivity index (χ1n) is 4.38. The maximum atomic E-state index is 13.0. The lowest BCUT2D eigenvalue weighted by atomic mass is 10.1. The Labute approximate surface area is 84.6 Å². The van der Waals surface area contributed by atoms with Gasteiger partial charge in [0.05, 0.1) is 0 Å². The molecule has 1 aromatic rings. The summed E-state index contributed by atoms with van der Waals surface area (Å²) < 4.78 is 36.3. The van der Waals surface area contributed by atoms with E-state index in [9.17, 15) is 13.6 Å². The van der Waals surface area contributed by atoms with Gasteiger partial charge in [0.25, 0.3) is 0 Å². The van der Waals surface area contributed by atoms with Gasteiger partial charge >= 0.3 is 5.92 Å². The Morgan fingerprint density at radius 2 is 1.87 bits per heavy atom. The third kappa shape index (κ3) is 1.77. The fourth-order valence-electron chi connectivity index (χ4n) is 1.32. The molecule has 0 saturated heterocycles. The highest BCUT2D eigenvalue weighted by Gasteiger charge is 2.32. The van der Waals surface area contributed by atoms with Crippen LogP contribution in [0.15, 0.2) is 18.2 Å². The van der Waals surface area contributed by atoms with Crippen molar-refractivity contribution < 1.29 is 23.0 Å². The number of benzene rings is 1. The zero-order valence-corrected chi connectivity index (χ0v) is 7.70. The van der Waals surface area contributed by atoms with Crippen LogP contribution >= 0.6 is 0 Å². The normalized spacial score (nSPS) is 14.8. The standard InChI is InChI=1S/C10H8F2O3/c11-10(12,6-13)7-1-2-8-9(5-7)15-4-3-14-8/h1-2,5-6H,3-4H2. The number of rotatable bonds is 2. The van der Waals surface area contributed by atoms with E-state index in [1.54, 1.807) is 0 Å². The van der Waals surface area contributed by atoms with Crippen LogP contribution in [0.2, 0.25) is 0 Å². The number of carbonyl (C=O) groups is 1. The summed E-state index contributed by atoms with van der Waals surface area (Å²) in [5, 5.41) is 0. The third-order valence-corrected chi connectivity index (χ3v) is 2.08.